The van der Waals surface area contributed by atoms with Crippen molar-refractivity contribution < 1.29 is 14.6 Å². The number of ether oxygens (including phenoxy) is 1. The highest BCUT2D eigenvalue weighted by molar-refractivity contribution is 6.00. The van der Waals surface area contributed by atoms with Crippen LogP contribution < -0.4 is 10.1 Å². The number of hydrogen-bond donors (Lipinski definition) is 2. The largest absolute Gasteiger partial charge is 0.504 e. The summed E-state index contributed by atoms with van der Waals surface area (Å²) in [6.45, 7) is 0. The monoisotopic (exact) mass is 388 g/mol. The summed E-state index contributed by atoms with van der Waals surface area (Å²) < 4.78 is 6.99. The number of benzene rings is 2. The number of nitrogens with zero attached hydrogens (tertiary/aromatic N) is 3. The molecule has 2 N–H and O–H groups in total. The van der Waals surface area contributed by atoms with Gasteiger partial charge in [-0.2, -0.15) is 10.1 Å². The van der Waals surface area contributed by atoms with Gasteiger partial charge >= 0.3 is 0 Å². The van der Waals surface area contributed by atoms with Crippen molar-refractivity contribution in [2.75, 3.05) is 12.4 Å². The van der Waals surface area contributed by atoms with E-state index in [-0.39, 0.29) is 17.5 Å². The van der Waals surface area contributed by atoms with Crippen molar-refractivity contribution in [3.05, 3.63) is 77.3 Å². The van der Waals surface area contributed by atoms with Crippen LogP contribution in [-0.2, 0) is 4.79 Å². The van der Waals surface area contributed by atoms with Gasteiger partial charge in [0.15, 0.2) is 17.3 Å². The Kier molecular flexibility index (Phi) is 4.08. The van der Waals surface area contributed by atoms with Gasteiger partial charge in [-0.1, -0.05) is 36.4 Å². The standard InChI is InChI=1S/C22H20N4O3/c1-29-19-11-14(7-8-17(19)27)21-20-16(25-22-23-12-24-26(21)22)9-15(10-18(20)28)13-5-3-2-4-6-13/h2-8,11-12,15,21,27H,9-10H2,1H3,(H,23,24,25)/t15-,21+/m0/s1. The number of carbonyl (C=O) groups is 1. The summed E-state index contributed by atoms with van der Waals surface area (Å²) >= 11 is 0. The third-order valence-corrected chi connectivity index (χ3v) is 5.65. The molecule has 1 aliphatic heterocycles. The van der Waals surface area contributed by atoms with Crippen molar-refractivity contribution in [3.63, 3.8) is 0 Å². The minimum absolute atomic E-state index is 0.0531. The Morgan fingerprint density at radius 3 is 2.76 bits per heavy atom. The van der Waals surface area contributed by atoms with Crippen LogP contribution in [0.15, 0.2) is 66.1 Å². The molecule has 1 aliphatic carbocycles. The quantitative estimate of drug-likeness (QED) is 0.715. The summed E-state index contributed by atoms with van der Waals surface area (Å²) in [5, 5.41) is 17.6. The van der Waals surface area contributed by atoms with Gasteiger partial charge in [0.05, 0.1) is 7.11 Å². The molecule has 3 aromatic rings. The summed E-state index contributed by atoms with van der Waals surface area (Å²) in [6, 6.07) is 14.8. The van der Waals surface area contributed by atoms with Gasteiger partial charge in [-0.05, 0) is 35.6 Å². The number of hydrogen-bond acceptors (Lipinski definition) is 6. The molecule has 7 heteroatoms. The highest BCUT2D eigenvalue weighted by Gasteiger charge is 2.39. The molecular formula is C22H20N4O3. The van der Waals surface area contributed by atoms with Crippen molar-refractivity contribution in [2.24, 2.45) is 0 Å². The number of rotatable bonds is 3. The number of allylic oxidation sites excluding steroid dienone is 2. The molecule has 7 nitrogen and oxygen atoms in total. The molecule has 0 saturated carbocycles. The number of fused-ring (bicyclic) bond motifs is 1. The number of nitrogens with one attached hydrogen (secondary N) is 1. The maximum atomic E-state index is 13.3. The van der Waals surface area contributed by atoms with Gasteiger partial charge in [-0.25, -0.2) is 4.68 Å². The van der Waals surface area contributed by atoms with Crippen LogP contribution in [0.25, 0.3) is 0 Å². The summed E-state index contributed by atoms with van der Waals surface area (Å²) in [4.78, 5) is 17.6. The minimum Gasteiger partial charge on any atom is -0.504 e. The number of ketones is 1. The zero-order valence-corrected chi connectivity index (χ0v) is 15.9. The third-order valence-electron chi connectivity index (χ3n) is 5.65. The van der Waals surface area contributed by atoms with Crippen LogP contribution in [0.5, 0.6) is 11.5 Å². The molecule has 2 aromatic carbocycles. The van der Waals surface area contributed by atoms with Crippen LogP contribution in [0.3, 0.4) is 0 Å². The Balaban J connectivity index is 1.61. The Morgan fingerprint density at radius 1 is 1.14 bits per heavy atom. The second-order valence-corrected chi connectivity index (χ2v) is 7.32. The maximum Gasteiger partial charge on any atom is 0.226 e. The van der Waals surface area contributed by atoms with Crippen molar-refractivity contribution in [1.29, 1.82) is 0 Å². The Morgan fingerprint density at radius 2 is 1.97 bits per heavy atom. The van der Waals surface area contributed by atoms with Crippen LogP contribution in [0.4, 0.5) is 5.95 Å². The Labute approximate surface area is 167 Å². The molecular weight excluding hydrogens is 368 g/mol. The van der Waals surface area contributed by atoms with Crippen molar-refractivity contribution in [2.45, 2.75) is 24.8 Å². The van der Waals surface area contributed by atoms with Gasteiger partial charge < -0.3 is 15.2 Å². The molecule has 2 aliphatic rings. The number of anilines is 1. The summed E-state index contributed by atoms with van der Waals surface area (Å²) in [7, 11) is 1.50. The molecule has 1 aromatic heterocycles. The average molecular weight is 388 g/mol. The molecule has 2 heterocycles. The number of methoxy groups -OCH3 is 1. The topological polar surface area (TPSA) is 89.3 Å². The number of phenols is 1. The van der Waals surface area contributed by atoms with Crippen LogP contribution in [-0.4, -0.2) is 32.8 Å². The fourth-order valence-corrected chi connectivity index (χ4v) is 4.29. The third kappa shape index (κ3) is 2.86. The summed E-state index contributed by atoms with van der Waals surface area (Å²) in [5.41, 5.74) is 3.55. The first-order valence-corrected chi connectivity index (χ1v) is 9.50. The van der Waals surface area contributed by atoms with Crippen molar-refractivity contribution in [3.8, 4) is 11.5 Å². The maximum absolute atomic E-state index is 13.3. The molecule has 0 fully saturated rings. The first-order chi connectivity index (χ1) is 14.2. The zero-order chi connectivity index (χ0) is 20.0. The summed E-state index contributed by atoms with van der Waals surface area (Å²) in [6.07, 6.45) is 2.65. The van der Waals surface area contributed by atoms with Crippen molar-refractivity contribution >= 4 is 11.7 Å². The number of phenolic OH excluding ortho intramolecular Hbond substituents is 1. The lowest BCUT2D eigenvalue weighted by molar-refractivity contribution is -0.116. The molecule has 2 atom stereocenters. The molecule has 0 radical (unpaired) electrons. The van der Waals surface area contributed by atoms with Gasteiger partial charge in [0.2, 0.25) is 5.95 Å². The van der Waals surface area contributed by atoms with Gasteiger partial charge in [-0.15, -0.1) is 0 Å². The molecule has 29 heavy (non-hydrogen) atoms. The zero-order valence-electron chi connectivity index (χ0n) is 15.9. The fraction of sp³-hybridized carbons (Fsp3) is 0.227. The molecule has 0 saturated heterocycles. The SMILES string of the molecule is COc1cc([C@@H]2C3=C(C[C@H](c4ccccc4)CC3=O)Nc3ncnn32)ccc1O. The number of aromatic nitrogens is 3. The van der Waals surface area contributed by atoms with E-state index in [4.69, 9.17) is 4.74 Å². The minimum atomic E-state index is -0.414. The molecule has 0 bridgehead atoms. The van der Waals surface area contributed by atoms with E-state index in [0.29, 0.717) is 23.7 Å². The molecule has 0 unspecified atom stereocenters. The van der Waals surface area contributed by atoms with E-state index in [2.05, 4.69) is 27.5 Å². The fourth-order valence-electron chi connectivity index (χ4n) is 4.29. The van der Waals surface area contributed by atoms with Crippen LogP contribution >= 0.6 is 0 Å². The van der Waals surface area contributed by atoms with Gasteiger partial charge in [0.25, 0.3) is 0 Å². The smallest absolute Gasteiger partial charge is 0.226 e. The van der Waals surface area contributed by atoms with E-state index in [9.17, 15) is 9.90 Å². The lowest BCUT2D eigenvalue weighted by atomic mass is 9.78. The van der Waals surface area contributed by atoms with Gasteiger partial charge in [0.1, 0.15) is 12.4 Å². The van der Waals surface area contributed by atoms with Crippen LogP contribution in [0.1, 0.15) is 35.9 Å². The van der Waals surface area contributed by atoms with E-state index >= 15 is 0 Å². The second kappa shape index (κ2) is 6.77. The van der Waals surface area contributed by atoms with E-state index < -0.39 is 6.04 Å². The number of Topliss-reactive ketones (excluding diaryl/α,β-unsaturated/α-hetero) is 1. The van der Waals surface area contributed by atoms with Gasteiger partial charge in [-0.3, -0.25) is 4.79 Å². The first kappa shape index (κ1) is 17.5. The highest BCUT2D eigenvalue weighted by Crippen LogP contribution is 2.44. The van der Waals surface area contributed by atoms with Crippen LogP contribution in [0, 0.1) is 0 Å². The Bertz CT molecular complexity index is 1120. The predicted molar refractivity (Wildman–Crippen MR) is 107 cm³/mol. The summed E-state index contributed by atoms with van der Waals surface area (Å²) in [5.74, 6) is 1.22. The van der Waals surface area contributed by atoms with E-state index in [1.807, 2.05) is 18.2 Å². The first-order valence-electron chi connectivity index (χ1n) is 9.50. The number of carbonyl (C=O) groups excluding carboxylic acids is 1. The highest BCUT2D eigenvalue weighted by atomic mass is 16.5. The van der Waals surface area contributed by atoms with E-state index in [1.165, 1.54) is 13.4 Å². The lowest BCUT2D eigenvalue weighted by Crippen LogP contribution is -2.33. The molecule has 146 valence electrons. The van der Waals surface area contributed by atoms with Crippen LogP contribution in [0.2, 0.25) is 0 Å². The van der Waals surface area contributed by atoms with E-state index in [1.54, 1.807) is 22.9 Å². The lowest BCUT2D eigenvalue weighted by Gasteiger charge is -2.35. The Hall–Kier alpha value is -3.61. The van der Waals surface area contributed by atoms with Crippen molar-refractivity contribution in [1.82, 2.24) is 14.8 Å². The average Bonchev–Trinajstić information content (AvgIpc) is 3.21. The number of aromatic hydroxyl groups is 1. The molecule has 0 spiro atoms. The van der Waals surface area contributed by atoms with E-state index in [0.717, 1.165) is 23.2 Å². The molecule has 5 rings (SSSR count). The second-order valence-electron chi connectivity index (χ2n) is 7.32. The molecule has 0 amide bonds. The predicted octanol–water partition coefficient (Wildman–Crippen LogP) is 3.41. The normalized spacial score (nSPS) is 20.7. The van der Waals surface area contributed by atoms with Gasteiger partial charge in [0, 0.05) is 17.7 Å².